The molecule has 0 aromatic carbocycles. The molecule has 0 bridgehead atoms. The van der Waals surface area contributed by atoms with E-state index >= 15 is 0 Å². The Morgan fingerprint density at radius 3 is 2.65 bits per heavy atom. The molecule has 4 nitrogen and oxygen atoms in total. The van der Waals surface area contributed by atoms with E-state index in [0.717, 1.165) is 68.1 Å². The van der Waals surface area contributed by atoms with Gasteiger partial charge in [-0.25, -0.2) is 0 Å². The predicted octanol–water partition coefficient (Wildman–Crippen LogP) is 5.03. The molecule has 0 aromatic rings. The molecular weight excluding hydrogens is 388 g/mol. The van der Waals surface area contributed by atoms with Crippen LogP contribution >= 0.6 is 0 Å². The number of Topliss-reactive ketones (excluding diaryl/α,β-unsaturated/α-hetero) is 1. The van der Waals surface area contributed by atoms with E-state index in [4.69, 9.17) is 0 Å². The van der Waals surface area contributed by atoms with Gasteiger partial charge in [0.25, 0.3) is 0 Å². The minimum Gasteiger partial charge on any atom is -0.393 e. The predicted molar refractivity (Wildman–Crippen MR) is 124 cm³/mol. The van der Waals surface area contributed by atoms with Crippen LogP contribution in [0.3, 0.4) is 0 Å². The molecule has 3 N–H and O–H groups in total. The first-order valence-corrected chi connectivity index (χ1v) is 12.1. The number of hydrogen-bond donors (Lipinski definition) is 3. The maximum absolute atomic E-state index is 12.2. The molecule has 0 spiro atoms. The zero-order valence-corrected chi connectivity index (χ0v) is 19.9. The molecule has 0 saturated heterocycles. The third-order valence-electron chi connectivity index (χ3n) is 8.62. The molecule has 0 amide bonds. The number of hydrogen-bond acceptors (Lipinski definition) is 4. The summed E-state index contributed by atoms with van der Waals surface area (Å²) in [5, 5.41) is 31.9. The lowest BCUT2D eigenvalue weighted by Gasteiger charge is -2.50. The first kappa shape index (κ1) is 24.4. The highest BCUT2D eigenvalue weighted by Gasteiger charge is 2.60. The van der Waals surface area contributed by atoms with E-state index in [2.05, 4.69) is 32.6 Å². The molecule has 3 aliphatic rings. The van der Waals surface area contributed by atoms with E-state index in [1.54, 1.807) is 13.8 Å². The van der Waals surface area contributed by atoms with E-state index < -0.39 is 11.2 Å². The second kappa shape index (κ2) is 8.96. The van der Waals surface area contributed by atoms with Crippen molar-refractivity contribution in [2.45, 2.75) is 109 Å². The zero-order chi connectivity index (χ0) is 23.0. The summed E-state index contributed by atoms with van der Waals surface area (Å²) < 4.78 is 0. The van der Waals surface area contributed by atoms with Gasteiger partial charge in [0.05, 0.1) is 11.7 Å². The van der Waals surface area contributed by atoms with E-state index in [-0.39, 0.29) is 17.3 Å². The van der Waals surface area contributed by atoms with Crippen molar-refractivity contribution in [1.82, 2.24) is 0 Å². The van der Waals surface area contributed by atoms with Gasteiger partial charge in [0.1, 0.15) is 5.60 Å². The topological polar surface area (TPSA) is 77.8 Å². The fourth-order valence-corrected chi connectivity index (χ4v) is 6.44. The maximum atomic E-state index is 12.2. The smallest absolute Gasteiger partial charge is 0.163 e. The van der Waals surface area contributed by atoms with Crippen molar-refractivity contribution in [1.29, 1.82) is 0 Å². The Hall–Kier alpha value is -1.23. The molecule has 31 heavy (non-hydrogen) atoms. The van der Waals surface area contributed by atoms with Crippen LogP contribution in [-0.4, -0.2) is 38.4 Å². The van der Waals surface area contributed by atoms with Gasteiger partial charge in [0, 0.05) is 11.8 Å². The molecule has 0 radical (unpaired) electrons. The fourth-order valence-electron chi connectivity index (χ4n) is 6.44. The SMILES string of the molecule is C=C1CC[C@H](O)C/C1=C/C=C1CCC[C@]2(C)[C@@H]([C@H](C)CCC(=O)C(C)(C)O)CCC12O. The molecule has 0 heterocycles. The summed E-state index contributed by atoms with van der Waals surface area (Å²) in [4.78, 5) is 12.2. The van der Waals surface area contributed by atoms with Crippen LogP contribution in [0.1, 0.15) is 91.9 Å². The molecule has 3 rings (SSSR count). The van der Waals surface area contributed by atoms with Crippen LogP contribution < -0.4 is 0 Å². The number of carbonyl (C=O) groups is 1. The van der Waals surface area contributed by atoms with Crippen LogP contribution in [-0.2, 0) is 4.79 Å². The Labute approximate surface area is 188 Å². The van der Waals surface area contributed by atoms with Gasteiger partial charge in [0.15, 0.2) is 5.78 Å². The minimum absolute atomic E-state index is 0.108. The summed E-state index contributed by atoms with van der Waals surface area (Å²) in [5.41, 5.74) is 1.04. The standard InChI is InChI=1S/C27H42O4/c1-18-8-12-22(28)17-20(18)10-11-21-7-6-15-26(5)23(14-16-27(21,26)31)19(2)9-13-24(29)25(3,4)30/h10-11,19,22-23,28,30-31H,1,6-9,12-17H2,2-5H3/b20-10-,21-11?/t19-,22+,23-,26-,27?/m1/s1. The number of aliphatic hydroxyl groups is 3. The molecule has 0 aliphatic heterocycles. The van der Waals surface area contributed by atoms with Gasteiger partial charge in [-0.2, -0.15) is 0 Å². The number of carbonyl (C=O) groups excluding carboxylic acids is 1. The van der Waals surface area contributed by atoms with Gasteiger partial charge in [-0.05, 0) is 94.6 Å². The molecular formula is C27H42O4. The first-order valence-electron chi connectivity index (χ1n) is 12.1. The Morgan fingerprint density at radius 2 is 1.97 bits per heavy atom. The van der Waals surface area contributed by atoms with Crippen molar-refractivity contribution in [3.8, 4) is 0 Å². The number of allylic oxidation sites excluding steroid dienone is 3. The molecule has 3 fully saturated rings. The Kier molecular flexibility index (Phi) is 7.05. The lowest BCUT2D eigenvalue weighted by Crippen LogP contribution is -2.50. The van der Waals surface area contributed by atoms with Gasteiger partial charge < -0.3 is 15.3 Å². The van der Waals surface area contributed by atoms with Crippen molar-refractivity contribution < 1.29 is 20.1 Å². The van der Waals surface area contributed by atoms with Crippen LogP contribution in [0.25, 0.3) is 0 Å². The van der Waals surface area contributed by atoms with E-state index in [1.807, 2.05) is 0 Å². The second-order valence-corrected chi connectivity index (χ2v) is 11.2. The summed E-state index contributed by atoms with van der Waals surface area (Å²) in [6.07, 6.45) is 12.0. The van der Waals surface area contributed by atoms with Crippen LogP contribution in [0.4, 0.5) is 0 Å². The van der Waals surface area contributed by atoms with Crippen molar-refractivity contribution in [2.24, 2.45) is 17.3 Å². The van der Waals surface area contributed by atoms with Crippen LogP contribution in [0.2, 0.25) is 0 Å². The summed E-state index contributed by atoms with van der Waals surface area (Å²) in [7, 11) is 0. The second-order valence-electron chi connectivity index (χ2n) is 11.2. The number of rotatable bonds is 6. The van der Waals surface area contributed by atoms with E-state index in [1.165, 1.54) is 0 Å². The van der Waals surface area contributed by atoms with Crippen LogP contribution in [0.5, 0.6) is 0 Å². The fraction of sp³-hybridized carbons (Fsp3) is 0.741. The highest BCUT2D eigenvalue weighted by molar-refractivity contribution is 5.86. The number of fused-ring (bicyclic) bond motifs is 1. The average Bonchev–Trinajstić information content (AvgIpc) is 2.97. The van der Waals surface area contributed by atoms with E-state index in [0.29, 0.717) is 24.7 Å². The van der Waals surface area contributed by atoms with Gasteiger partial charge in [-0.15, -0.1) is 0 Å². The van der Waals surface area contributed by atoms with Gasteiger partial charge in [-0.3, -0.25) is 4.79 Å². The summed E-state index contributed by atoms with van der Waals surface area (Å²) >= 11 is 0. The number of aliphatic hydroxyl groups excluding tert-OH is 1. The van der Waals surface area contributed by atoms with Crippen molar-refractivity contribution in [3.63, 3.8) is 0 Å². The minimum atomic E-state index is -1.27. The number of ketones is 1. The molecule has 3 aliphatic carbocycles. The summed E-state index contributed by atoms with van der Waals surface area (Å²) in [6.45, 7) is 11.7. The summed E-state index contributed by atoms with van der Waals surface area (Å²) in [6, 6.07) is 0. The molecule has 1 unspecified atom stereocenters. The summed E-state index contributed by atoms with van der Waals surface area (Å²) in [5.74, 6) is 0.565. The van der Waals surface area contributed by atoms with Crippen molar-refractivity contribution in [3.05, 3.63) is 35.5 Å². The van der Waals surface area contributed by atoms with Crippen LogP contribution in [0, 0.1) is 17.3 Å². The Balaban J connectivity index is 1.77. The monoisotopic (exact) mass is 430 g/mol. The van der Waals surface area contributed by atoms with Crippen LogP contribution in [0.15, 0.2) is 35.5 Å². The molecule has 0 aromatic heterocycles. The molecule has 3 saturated carbocycles. The largest absolute Gasteiger partial charge is 0.393 e. The maximum Gasteiger partial charge on any atom is 0.163 e. The highest BCUT2D eigenvalue weighted by Crippen LogP contribution is 2.62. The normalized spacial score (nSPS) is 37.8. The lowest BCUT2D eigenvalue weighted by molar-refractivity contribution is -0.134. The molecule has 174 valence electrons. The van der Waals surface area contributed by atoms with Crippen molar-refractivity contribution in [2.75, 3.05) is 0 Å². The van der Waals surface area contributed by atoms with Gasteiger partial charge >= 0.3 is 0 Å². The Bertz CT molecular complexity index is 771. The first-order chi connectivity index (χ1) is 14.4. The Morgan fingerprint density at radius 1 is 1.26 bits per heavy atom. The molecule has 4 heteroatoms. The lowest BCUT2D eigenvalue weighted by atomic mass is 9.58. The highest BCUT2D eigenvalue weighted by atomic mass is 16.3. The quantitative estimate of drug-likeness (QED) is 0.552. The van der Waals surface area contributed by atoms with Gasteiger partial charge in [-0.1, -0.05) is 38.2 Å². The third-order valence-corrected chi connectivity index (χ3v) is 8.62. The zero-order valence-electron chi connectivity index (χ0n) is 19.9. The molecule has 5 atom stereocenters. The van der Waals surface area contributed by atoms with Gasteiger partial charge in [0.2, 0.25) is 0 Å². The third kappa shape index (κ3) is 4.77. The average molecular weight is 431 g/mol. The van der Waals surface area contributed by atoms with E-state index in [9.17, 15) is 20.1 Å². The van der Waals surface area contributed by atoms with Crippen molar-refractivity contribution >= 4 is 5.78 Å².